The van der Waals surface area contributed by atoms with E-state index >= 15 is 0 Å². The summed E-state index contributed by atoms with van der Waals surface area (Å²) in [6, 6.07) is 2.83. The summed E-state index contributed by atoms with van der Waals surface area (Å²) in [6.07, 6.45) is 1.51. The molecule has 1 fully saturated rings. The van der Waals surface area contributed by atoms with Crippen molar-refractivity contribution in [2.75, 3.05) is 0 Å². The van der Waals surface area contributed by atoms with Crippen LogP contribution in [0, 0.1) is 0 Å². The number of hydrogen-bond acceptors (Lipinski definition) is 6. The Morgan fingerprint density at radius 3 is 2.66 bits per heavy atom. The lowest BCUT2D eigenvalue weighted by molar-refractivity contribution is -0.137. The highest BCUT2D eigenvalue weighted by molar-refractivity contribution is 6.06. The zero-order chi connectivity index (χ0) is 22.5. The van der Waals surface area contributed by atoms with Gasteiger partial charge in [0.2, 0.25) is 0 Å². The van der Waals surface area contributed by atoms with Crippen LogP contribution in [0.2, 0.25) is 0 Å². The Balaban J connectivity index is 1.50. The van der Waals surface area contributed by atoms with Crippen LogP contribution in [0.4, 0.5) is 13.2 Å². The molecule has 0 spiro atoms. The maximum atomic E-state index is 13.5. The van der Waals surface area contributed by atoms with Crippen LogP contribution in [0.25, 0.3) is 16.9 Å². The quantitative estimate of drug-likeness (QED) is 0.490. The van der Waals surface area contributed by atoms with Crippen molar-refractivity contribution in [3.63, 3.8) is 0 Å². The SMILES string of the molecule is CC(NC(=O)c1cc(C(F)(F)F)cc2c(C3CC3)[nH]nc12)c1ncnn1-c1ncccn1. The number of fused-ring (bicyclic) bond motifs is 1. The van der Waals surface area contributed by atoms with Gasteiger partial charge in [0.25, 0.3) is 11.9 Å². The molecular weight excluding hydrogens is 425 g/mol. The molecule has 5 rings (SSSR count). The standard InChI is InChI=1S/C20H17F3N8O/c1-10(17-26-9-27-31(17)19-24-5-2-6-25-19)28-18(32)14-8-12(20(21,22)23)7-13-15(11-3-4-11)29-30-16(13)14/h2,5-11H,3-4H2,1H3,(H,28,32)(H,29,30). The molecule has 3 heterocycles. The van der Waals surface area contributed by atoms with Crippen LogP contribution in [-0.2, 0) is 6.18 Å². The minimum atomic E-state index is -4.60. The minimum absolute atomic E-state index is 0.141. The average molecular weight is 442 g/mol. The number of halogens is 3. The molecule has 12 heteroatoms. The van der Waals surface area contributed by atoms with Gasteiger partial charge in [-0.25, -0.2) is 15.0 Å². The lowest BCUT2D eigenvalue weighted by Gasteiger charge is -2.15. The van der Waals surface area contributed by atoms with E-state index in [2.05, 4.69) is 35.6 Å². The fourth-order valence-electron chi connectivity index (χ4n) is 3.60. The van der Waals surface area contributed by atoms with Gasteiger partial charge in [0.1, 0.15) is 11.8 Å². The van der Waals surface area contributed by atoms with Crippen molar-refractivity contribution < 1.29 is 18.0 Å². The van der Waals surface area contributed by atoms with Gasteiger partial charge in [0.05, 0.1) is 17.2 Å². The fourth-order valence-corrected chi connectivity index (χ4v) is 3.60. The number of aromatic nitrogens is 7. The number of amides is 1. The summed E-state index contributed by atoms with van der Waals surface area (Å²) in [5.41, 5.74) is -0.217. The number of nitrogens with zero attached hydrogens (tertiary/aromatic N) is 6. The van der Waals surface area contributed by atoms with E-state index in [1.54, 1.807) is 13.0 Å². The third kappa shape index (κ3) is 3.57. The van der Waals surface area contributed by atoms with Gasteiger partial charge in [-0.05, 0) is 38.0 Å². The van der Waals surface area contributed by atoms with E-state index in [1.807, 2.05) is 0 Å². The second-order valence-electron chi connectivity index (χ2n) is 7.60. The highest BCUT2D eigenvalue weighted by Gasteiger charge is 2.35. The van der Waals surface area contributed by atoms with Crippen molar-refractivity contribution in [3.05, 3.63) is 59.6 Å². The Bertz CT molecular complexity index is 1290. The number of hydrogen-bond donors (Lipinski definition) is 2. The highest BCUT2D eigenvalue weighted by Crippen LogP contribution is 2.43. The summed E-state index contributed by atoms with van der Waals surface area (Å²) >= 11 is 0. The molecule has 0 bridgehead atoms. The normalized spacial score (nSPS) is 15.1. The summed E-state index contributed by atoms with van der Waals surface area (Å²) in [6.45, 7) is 1.65. The predicted octanol–water partition coefficient (Wildman–Crippen LogP) is 3.32. The van der Waals surface area contributed by atoms with Gasteiger partial charge in [-0.3, -0.25) is 9.89 Å². The number of carbonyl (C=O) groups excluding carboxylic acids is 1. The lowest BCUT2D eigenvalue weighted by atomic mass is 10.0. The third-order valence-corrected chi connectivity index (χ3v) is 5.30. The maximum absolute atomic E-state index is 13.5. The Labute approximate surface area is 179 Å². The third-order valence-electron chi connectivity index (χ3n) is 5.30. The summed E-state index contributed by atoms with van der Waals surface area (Å²) in [4.78, 5) is 25.4. The van der Waals surface area contributed by atoms with E-state index < -0.39 is 23.7 Å². The maximum Gasteiger partial charge on any atom is 0.416 e. The highest BCUT2D eigenvalue weighted by atomic mass is 19.4. The number of aromatic amines is 1. The van der Waals surface area contributed by atoms with Gasteiger partial charge in [-0.15, -0.1) is 0 Å². The molecule has 1 aliphatic rings. The molecule has 1 saturated carbocycles. The molecule has 1 aliphatic carbocycles. The van der Waals surface area contributed by atoms with Crippen molar-refractivity contribution in [1.29, 1.82) is 0 Å². The molecule has 0 radical (unpaired) electrons. The van der Waals surface area contributed by atoms with E-state index in [0.717, 1.165) is 25.0 Å². The van der Waals surface area contributed by atoms with Gasteiger partial charge >= 0.3 is 6.18 Å². The van der Waals surface area contributed by atoms with Crippen molar-refractivity contribution in [2.24, 2.45) is 0 Å². The molecule has 1 amide bonds. The van der Waals surface area contributed by atoms with Crippen LogP contribution in [-0.4, -0.2) is 40.8 Å². The van der Waals surface area contributed by atoms with E-state index in [-0.39, 0.29) is 22.9 Å². The van der Waals surface area contributed by atoms with Gasteiger partial charge in [0, 0.05) is 29.4 Å². The van der Waals surface area contributed by atoms with E-state index in [1.165, 1.54) is 23.4 Å². The summed E-state index contributed by atoms with van der Waals surface area (Å²) < 4.78 is 42.0. The van der Waals surface area contributed by atoms with Crippen molar-refractivity contribution >= 4 is 16.8 Å². The van der Waals surface area contributed by atoms with Crippen LogP contribution in [0.5, 0.6) is 0 Å². The number of H-pyrrole nitrogens is 1. The van der Waals surface area contributed by atoms with Gasteiger partial charge < -0.3 is 5.32 Å². The number of carbonyl (C=O) groups is 1. The molecule has 0 aliphatic heterocycles. The number of benzene rings is 1. The topological polar surface area (TPSA) is 114 Å². The zero-order valence-corrected chi connectivity index (χ0v) is 16.8. The first-order chi connectivity index (χ1) is 15.3. The molecule has 32 heavy (non-hydrogen) atoms. The zero-order valence-electron chi connectivity index (χ0n) is 16.8. The van der Waals surface area contributed by atoms with E-state index in [4.69, 9.17) is 0 Å². The minimum Gasteiger partial charge on any atom is -0.342 e. The first-order valence-corrected chi connectivity index (χ1v) is 9.90. The molecular formula is C20H17F3N8O. The molecule has 4 aromatic rings. The molecule has 1 unspecified atom stereocenters. The van der Waals surface area contributed by atoms with Gasteiger partial charge in [0.15, 0.2) is 5.82 Å². The first kappa shape index (κ1) is 20.1. The Kier molecular flexibility index (Phi) is 4.64. The molecule has 0 saturated heterocycles. The largest absolute Gasteiger partial charge is 0.416 e. The number of alkyl halides is 3. The van der Waals surface area contributed by atoms with Crippen LogP contribution in [0.1, 0.15) is 59.2 Å². The van der Waals surface area contributed by atoms with Crippen LogP contribution in [0.15, 0.2) is 36.9 Å². The summed E-state index contributed by atoms with van der Waals surface area (Å²) in [5, 5.41) is 14.1. The van der Waals surface area contributed by atoms with E-state index in [0.29, 0.717) is 16.9 Å². The number of nitrogens with one attached hydrogen (secondary N) is 2. The Morgan fingerprint density at radius 1 is 1.22 bits per heavy atom. The Hall–Kier alpha value is -3.83. The molecule has 2 N–H and O–H groups in total. The summed E-state index contributed by atoms with van der Waals surface area (Å²) in [7, 11) is 0. The first-order valence-electron chi connectivity index (χ1n) is 9.90. The fraction of sp³-hybridized carbons (Fsp3) is 0.300. The predicted molar refractivity (Wildman–Crippen MR) is 106 cm³/mol. The van der Waals surface area contributed by atoms with Crippen LogP contribution < -0.4 is 5.32 Å². The molecule has 1 atom stereocenters. The number of rotatable bonds is 5. The van der Waals surface area contributed by atoms with E-state index in [9.17, 15) is 18.0 Å². The lowest BCUT2D eigenvalue weighted by Crippen LogP contribution is -2.29. The molecule has 164 valence electrons. The van der Waals surface area contributed by atoms with Gasteiger partial charge in [-0.1, -0.05) is 0 Å². The smallest absolute Gasteiger partial charge is 0.342 e. The molecule has 1 aromatic carbocycles. The van der Waals surface area contributed by atoms with Crippen LogP contribution >= 0.6 is 0 Å². The summed E-state index contributed by atoms with van der Waals surface area (Å²) in [5.74, 6) is 0.0196. The monoisotopic (exact) mass is 442 g/mol. The second-order valence-corrected chi connectivity index (χ2v) is 7.60. The van der Waals surface area contributed by atoms with Crippen molar-refractivity contribution in [1.82, 2.24) is 40.2 Å². The molecule has 9 nitrogen and oxygen atoms in total. The molecule has 3 aromatic heterocycles. The second kappa shape index (κ2) is 7.39. The average Bonchev–Trinajstić information content (AvgIpc) is 3.32. The van der Waals surface area contributed by atoms with Crippen molar-refractivity contribution in [3.8, 4) is 5.95 Å². The van der Waals surface area contributed by atoms with Crippen LogP contribution in [0.3, 0.4) is 0 Å². The van der Waals surface area contributed by atoms with Gasteiger partial charge in [-0.2, -0.15) is 28.1 Å². The van der Waals surface area contributed by atoms with Crippen molar-refractivity contribution in [2.45, 2.75) is 37.9 Å². The Morgan fingerprint density at radius 2 is 1.97 bits per heavy atom.